The second-order valence-corrected chi connectivity index (χ2v) is 8.88. The second kappa shape index (κ2) is 7.54. The van der Waals surface area contributed by atoms with Crippen molar-refractivity contribution in [3.8, 4) is 0 Å². The molecule has 0 spiro atoms. The van der Waals surface area contributed by atoms with Crippen LogP contribution >= 0.6 is 0 Å². The minimum atomic E-state index is -0.547. The van der Waals surface area contributed by atoms with Gasteiger partial charge in [-0.15, -0.1) is 0 Å². The minimum Gasteiger partial charge on any atom is -0.322 e. The van der Waals surface area contributed by atoms with Gasteiger partial charge in [-0.3, -0.25) is 24.6 Å². The van der Waals surface area contributed by atoms with Crippen molar-refractivity contribution >= 4 is 17.7 Å². The number of piperidine rings is 3. The number of rotatable bonds is 3. The first kappa shape index (κ1) is 18.8. The molecule has 3 atom stereocenters. The largest absolute Gasteiger partial charge is 0.322 e. The van der Waals surface area contributed by atoms with E-state index in [9.17, 15) is 14.4 Å². The van der Waals surface area contributed by atoms with E-state index in [1.54, 1.807) is 4.90 Å². The van der Waals surface area contributed by atoms with Crippen LogP contribution in [0.5, 0.6) is 0 Å². The number of amides is 3. The Balaban J connectivity index is 1.27. The first-order chi connectivity index (χ1) is 14.1. The molecular formula is C22H28N4O3. The van der Waals surface area contributed by atoms with Crippen molar-refractivity contribution in [1.82, 2.24) is 20.4 Å². The first-order valence-corrected chi connectivity index (χ1v) is 10.8. The number of hydrogen-bond acceptors (Lipinski definition) is 5. The van der Waals surface area contributed by atoms with E-state index >= 15 is 0 Å². The van der Waals surface area contributed by atoms with Crippen molar-refractivity contribution in [2.24, 2.45) is 5.92 Å². The highest BCUT2D eigenvalue weighted by atomic mass is 16.2. The Kier molecular flexibility index (Phi) is 4.87. The molecule has 3 fully saturated rings. The van der Waals surface area contributed by atoms with Gasteiger partial charge in [0.15, 0.2) is 0 Å². The molecule has 7 nitrogen and oxygen atoms in total. The van der Waals surface area contributed by atoms with E-state index < -0.39 is 6.04 Å². The Labute approximate surface area is 170 Å². The predicted octanol–water partition coefficient (Wildman–Crippen LogP) is 1.02. The number of fused-ring (bicyclic) bond motifs is 2. The third kappa shape index (κ3) is 3.57. The summed E-state index contributed by atoms with van der Waals surface area (Å²) in [5, 5.41) is 6.02. The summed E-state index contributed by atoms with van der Waals surface area (Å²) >= 11 is 0. The summed E-state index contributed by atoms with van der Waals surface area (Å²) in [6.45, 7) is 4.66. The predicted molar refractivity (Wildman–Crippen MR) is 107 cm³/mol. The molecule has 4 aliphatic heterocycles. The molecule has 0 bridgehead atoms. The lowest BCUT2D eigenvalue weighted by Gasteiger charge is -2.41. The van der Waals surface area contributed by atoms with Crippen molar-refractivity contribution < 1.29 is 14.4 Å². The lowest BCUT2D eigenvalue weighted by atomic mass is 9.85. The number of likely N-dealkylation sites (tertiary alicyclic amines) is 1. The summed E-state index contributed by atoms with van der Waals surface area (Å²) in [7, 11) is 0. The van der Waals surface area contributed by atoms with E-state index in [4.69, 9.17) is 0 Å². The molecule has 1 unspecified atom stereocenters. The quantitative estimate of drug-likeness (QED) is 0.746. The maximum atomic E-state index is 13.0. The fourth-order valence-electron chi connectivity index (χ4n) is 5.42. The van der Waals surface area contributed by atoms with Gasteiger partial charge in [-0.2, -0.15) is 0 Å². The first-order valence-electron chi connectivity index (χ1n) is 10.8. The second-order valence-electron chi connectivity index (χ2n) is 8.88. The number of nitrogens with one attached hydrogen (secondary N) is 2. The van der Waals surface area contributed by atoms with E-state index in [0.717, 1.165) is 43.2 Å². The highest BCUT2D eigenvalue weighted by Gasteiger charge is 2.39. The van der Waals surface area contributed by atoms with Crippen LogP contribution in [0.25, 0.3) is 0 Å². The van der Waals surface area contributed by atoms with E-state index in [1.807, 2.05) is 12.1 Å². The number of benzene rings is 1. The van der Waals surface area contributed by atoms with Gasteiger partial charge in [0.25, 0.3) is 5.91 Å². The minimum absolute atomic E-state index is 0.0912. The highest BCUT2D eigenvalue weighted by molar-refractivity contribution is 6.05. The van der Waals surface area contributed by atoms with Gasteiger partial charge in [-0.05, 0) is 61.9 Å². The molecule has 29 heavy (non-hydrogen) atoms. The van der Waals surface area contributed by atoms with Crippen LogP contribution in [-0.4, -0.2) is 59.2 Å². The smallest absolute Gasteiger partial charge is 0.255 e. The normalized spacial score (nSPS) is 30.1. The zero-order valence-electron chi connectivity index (χ0n) is 16.7. The van der Waals surface area contributed by atoms with E-state index in [-0.39, 0.29) is 24.1 Å². The molecule has 5 rings (SSSR count). The number of hydrogen-bond donors (Lipinski definition) is 2. The van der Waals surface area contributed by atoms with E-state index in [1.165, 1.54) is 19.3 Å². The SMILES string of the molecule is O=C1CCC(N2Cc3ccc(CN4CC[C@@H]5NCCC[C@@H]5C4)cc3C2=O)C(=O)N1. The molecule has 7 heteroatoms. The number of imide groups is 1. The molecule has 3 saturated heterocycles. The van der Waals surface area contributed by atoms with Crippen molar-refractivity contribution in [3.05, 3.63) is 34.9 Å². The average molecular weight is 396 g/mol. The van der Waals surface area contributed by atoms with Gasteiger partial charge < -0.3 is 10.2 Å². The molecule has 2 N–H and O–H groups in total. The Hall–Kier alpha value is -2.25. The zero-order valence-corrected chi connectivity index (χ0v) is 16.7. The third-order valence-electron chi connectivity index (χ3n) is 6.98. The maximum Gasteiger partial charge on any atom is 0.255 e. The van der Waals surface area contributed by atoms with Crippen LogP contribution in [0.3, 0.4) is 0 Å². The lowest BCUT2D eigenvalue weighted by molar-refractivity contribution is -0.136. The Morgan fingerprint density at radius 1 is 1.10 bits per heavy atom. The summed E-state index contributed by atoms with van der Waals surface area (Å²) in [4.78, 5) is 40.7. The van der Waals surface area contributed by atoms with Crippen LogP contribution in [0, 0.1) is 5.92 Å². The number of carbonyl (C=O) groups excluding carboxylic acids is 3. The van der Waals surface area contributed by atoms with E-state index in [2.05, 4.69) is 21.6 Å². The molecule has 154 valence electrons. The van der Waals surface area contributed by atoms with Crippen LogP contribution in [0.4, 0.5) is 0 Å². The molecular weight excluding hydrogens is 368 g/mol. The molecule has 1 aromatic carbocycles. The molecule has 0 radical (unpaired) electrons. The Bertz CT molecular complexity index is 854. The molecule has 0 aliphatic carbocycles. The summed E-state index contributed by atoms with van der Waals surface area (Å²) in [6, 6.07) is 6.28. The summed E-state index contributed by atoms with van der Waals surface area (Å²) in [5.41, 5.74) is 2.84. The van der Waals surface area contributed by atoms with Crippen LogP contribution in [-0.2, 0) is 22.7 Å². The van der Waals surface area contributed by atoms with Gasteiger partial charge in [0.05, 0.1) is 0 Å². The summed E-state index contributed by atoms with van der Waals surface area (Å²) < 4.78 is 0. The van der Waals surface area contributed by atoms with Crippen molar-refractivity contribution in [2.75, 3.05) is 19.6 Å². The molecule has 0 saturated carbocycles. The van der Waals surface area contributed by atoms with Crippen LogP contribution in [0.15, 0.2) is 18.2 Å². The van der Waals surface area contributed by atoms with Gasteiger partial charge in [0.2, 0.25) is 11.8 Å². The molecule has 4 aliphatic rings. The lowest BCUT2D eigenvalue weighted by Crippen LogP contribution is -2.52. The fraction of sp³-hybridized carbons (Fsp3) is 0.591. The summed E-state index contributed by atoms with van der Waals surface area (Å²) in [6.07, 6.45) is 4.45. The van der Waals surface area contributed by atoms with Gasteiger partial charge in [-0.1, -0.05) is 12.1 Å². The van der Waals surface area contributed by atoms with Crippen molar-refractivity contribution in [2.45, 2.75) is 57.3 Å². The Morgan fingerprint density at radius 3 is 2.86 bits per heavy atom. The molecule has 4 heterocycles. The molecule has 1 aromatic rings. The van der Waals surface area contributed by atoms with Crippen LogP contribution in [0.2, 0.25) is 0 Å². The highest BCUT2D eigenvalue weighted by Crippen LogP contribution is 2.30. The third-order valence-corrected chi connectivity index (χ3v) is 6.98. The molecule has 0 aromatic heterocycles. The number of nitrogens with zero attached hydrogens (tertiary/aromatic N) is 2. The van der Waals surface area contributed by atoms with Crippen molar-refractivity contribution in [3.63, 3.8) is 0 Å². The van der Waals surface area contributed by atoms with Crippen molar-refractivity contribution in [1.29, 1.82) is 0 Å². The van der Waals surface area contributed by atoms with Gasteiger partial charge in [-0.25, -0.2) is 0 Å². The van der Waals surface area contributed by atoms with Crippen LogP contribution < -0.4 is 10.6 Å². The Morgan fingerprint density at radius 2 is 2.00 bits per heavy atom. The maximum absolute atomic E-state index is 13.0. The molecule has 3 amide bonds. The summed E-state index contributed by atoms with van der Waals surface area (Å²) in [5.74, 6) is 0.0318. The fourth-order valence-corrected chi connectivity index (χ4v) is 5.42. The monoisotopic (exact) mass is 396 g/mol. The number of carbonyl (C=O) groups is 3. The topological polar surface area (TPSA) is 81.8 Å². The van der Waals surface area contributed by atoms with Crippen LogP contribution in [0.1, 0.15) is 53.6 Å². The van der Waals surface area contributed by atoms with Gasteiger partial charge in [0, 0.05) is 37.7 Å². The standard InChI is InChI=1S/C22H28N4O3/c27-20-6-5-19(21(28)24-20)26-13-15-4-3-14(10-17(15)22(26)29)11-25-9-7-18-16(12-25)2-1-8-23-18/h3-4,10,16,18-19,23H,1-2,5-9,11-13H2,(H,24,27,28)/t16-,18+,19?/m1/s1. The zero-order chi connectivity index (χ0) is 20.0. The average Bonchev–Trinajstić information content (AvgIpc) is 3.04. The van der Waals surface area contributed by atoms with Gasteiger partial charge >= 0.3 is 0 Å². The van der Waals surface area contributed by atoms with E-state index in [0.29, 0.717) is 24.6 Å². The van der Waals surface area contributed by atoms with Gasteiger partial charge in [0.1, 0.15) is 6.04 Å².